The molecular formula is C16H26IN3O3. The molecule has 0 unspecified atom stereocenters. The van der Waals surface area contributed by atoms with Gasteiger partial charge in [0.25, 0.3) is 0 Å². The van der Waals surface area contributed by atoms with Crippen molar-refractivity contribution in [1.29, 1.82) is 0 Å². The molecule has 0 saturated carbocycles. The van der Waals surface area contributed by atoms with E-state index in [0.29, 0.717) is 32.1 Å². The van der Waals surface area contributed by atoms with E-state index in [9.17, 15) is 4.79 Å². The number of para-hydroxylation sites is 1. The van der Waals surface area contributed by atoms with Gasteiger partial charge < -0.3 is 20.1 Å². The van der Waals surface area contributed by atoms with Crippen LogP contribution in [0.15, 0.2) is 29.3 Å². The highest BCUT2D eigenvalue weighted by molar-refractivity contribution is 14.0. The van der Waals surface area contributed by atoms with Crippen LogP contribution in [0.25, 0.3) is 0 Å². The summed E-state index contributed by atoms with van der Waals surface area (Å²) in [5.74, 6) is 1.27. The van der Waals surface area contributed by atoms with Gasteiger partial charge in [-0.1, -0.05) is 18.2 Å². The lowest BCUT2D eigenvalue weighted by molar-refractivity contribution is -0.140. The summed E-state index contributed by atoms with van der Waals surface area (Å²) in [6.45, 7) is 6.30. The van der Waals surface area contributed by atoms with Crippen molar-refractivity contribution in [2.75, 3.05) is 26.8 Å². The summed E-state index contributed by atoms with van der Waals surface area (Å²) in [6.07, 6.45) is 0.302. The van der Waals surface area contributed by atoms with Crippen molar-refractivity contribution in [2.24, 2.45) is 4.99 Å². The molecule has 1 aromatic carbocycles. The molecule has 0 aliphatic rings. The molecule has 0 fully saturated rings. The molecule has 6 nitrogen and oxygen atoms in total. The highest BCUT2D eigenvalue weighted by Crippen LogP contribution is 2.18. The molecule has 130 valence electrons. The second-order valence-electron chi connectivity index (χ2n) is 4.49. The molecule has 0 heterocycles. The predicted octanol–water partition coefficient (Wildman–Crippen LogP) is 2.32. The maximum absolute atomic E-state index is 11.1. The Morgan fingerprint density at radius 1 is 1.22 bits per heavy atom. The van der Waals surface area contributed by atoms with E-state index >= 15 is 0 Å². The SMILES string of the molecule is CCNC(=NCc1ccccc1OCC)NCCC(=O)OC.I. The molecule has 0 atom stereocenters. The molecule has 0 saturated heterocycles. The van der Waals surface area contributed by atoms with E-state index in [-0.39, 0.29) is 29.9 Å². The monoisotopic (exact) mass is 435 g/mol. The summed E-state index contributed by atoms with van der Waals surface area (Å²) < 4.78 is 10.2. The van der Waals surface area contributed by atoms with Crippen LogP contribution in [0.5, 0.6) is 5.75 Å². The van der Waals surface area contributed by atoms with Crippen LogP contribution in [0.3, 0.4) is 0 Å². The third-order valence-electron chi connectivity index (χ3n) is 2.87. The molecular weight excluding hydrogens is 409 g/mol. The number of nitrogens with zero attached hydrogens (tertiary/aromatic N) is 1. The van der Waals surface area contributed by atoms with E-state index in [2.05, 4.69) is 20.4 Å². The molecule has 0 aromatic heterocycles. The van der Waals surface area contributed by atoms with E-state index in [4.69, 9.17) is 4.74 Å². The topological polar surface area (TPSA) is 72.0 Å². The Hall–Kier alpha value is -1.51. The molecule has 0 aliphatic carbocycles. The fraction of sp³-hybridized carbons (Fsp3) is 0.500. The normalized spacial score (nSPS) is 10.5. The van der Waals surface area contributed by atoms with Gasteiger partial charge in [-0.25, -0.2) is 4.99 Å². The Bertz CT molecular complexity index is 495. The minimum absolute atomic E-state index is 0. The first-order valence-corrected chi connectivity index (χ1v) is 7.50. The van der Waals surface area contributed by atoms with E-state index in [1.165, 1.54) is 7.11 Å². The molecule has 23 heavy (non-hydrogen) atoms. The van der Waals surface area contributed by atoms with E-state index in [1.54, 1.807) is 0 Å². The Kier molecular flexibility index (Phi) is 12.1. The third-order valence-corrected chi connectivity index (χ3v) is 2.87. The fourth-order valence-electron chi connectivity index (χ4n) is 1.82. The van der Waals surface area contributed by atoms with Crippen molar-refractivity contribution in [3.8, 4) is 5.75 Å². The number of methoxy groups -OCH3 is 1. The van der Waals surface area contributed by atoms with E-state index in [1.807, 2.05) is 38.1 Å². The van der Waals surface area contributed by atoms with Crippen molar-refractivity contribution >= 4 is 35.9 Å². The van der Waals surface area contributed by atoms with Crippen LogP contribution in [-0.4, -0.2) is 38.7 Å². The highest BCUT2D eigenvalue weighted by Gasteiger charge is 2.04. The smallest absolute Gasteiger partial charge is 0.307 e. The van der Waals surface area contributed by atoms with Crippen LogP contribution in [0.1, 0.15) is 25.8 Å². The van der Waals surface area contributed by atoms with Crippen LogP contribution in [-0.2, 0) is 16.1 Å². The van der Waals surface area contributed by atoms with E-state index < -0.39 is 0 Å². The van der Waals surface area contributed by atoms with Gasteiger partial charge in [-0.3, -0.25) is 4.79 Å². The number of nitrogens with one attached hydrogen (secondary N) is 2. The average molecular weight is 435 g/mol. The van der Waals surface area contributed by atoms with Gasteiger partial charge in [0.2, 0.25) is 0 Å². The number of benzene rings is 1. The zero-order chi connectivity index (χ0) is 16.2. The Labute approximate surface area is 155 Å². The maximum atomic E-state index is 11.1. The largest absolute Gasteiger partial charge is 0.494 e. The van der Waals surface area contributed by atoms with Gasteiger partial charge in [-0.15, -0.1) is 24.0 Å². The van der Waals surface area contributed by atoms with Crippen molar-refractivity contribution in [1.82, 2.24) is 10.6 Å². The summed E-state index contributed by atoms with van der Waals surface area (Å²) >= 11 is 0. The quantitative estimate of drug-likeness (QED) is 0.284. The zero-order valence-electron chi connectivity index (χ0n) is 13.9. The van der Waals surface area contributed by atoms with Gasteiger partial charge in [0, 0.05) is 18.7 Å². The Morgan fingerprint density at radius 3 is 2.61 bits per heavy atom. The van der Waals surface area contributed by atoms with Gasteiger partial charge in [0.15, 0.2) is 5.96 Å². The van der Waals surface area contributed by atoms with Crippen LogP contribution >= 0.6 is 24.0 Å². The van der Waals surface area contributed by atoms with Crippen LogP contribution in [0.2, 0.25) is 0 Å². The molecule has 0 amide bonds. The number of halogens is 1. The summed E-state index contributed by atoms with van der Waals surface area (Å²) in [4.78, 5) is 15.6. The first kappa shape index (κ1) is 21.5. The first-order chi connectivity index (χ1) is 10.7. The number of hydrogen-bond acceptors (Lipinski definition) is 4. The predicted molar refractivity (Wildman–Crippen MR) is 102 cm³/mol. The summed E-state index contributed by atoms with van der Waals surface area (Å²) in [5.41, 5.74) is 1.02. The van der Waals surface area contributed by atoms with Crippen molar-refractivity contribution in [3.05, 3.63) is 29.8 Å². The van der Waals surface area contributed by atoms with Gasteiger partial charge in [0.1, 0.15) is 5.75 Å². The molecule has 0 radical (unpaired) electrons. The lowest BCUT2D eigenvalue weighted by Gasteiger charge is -2.12. The molecule has 7 heteroatoms. The second-order valence-corrected chi connectivity index (χ2v) is 4.49. The standard InChI is InChI=1S/C16H25N3O3.HI/c1-4-17-16(18-11-10-15(20)21-3)19-12-13-8-6-7-9-14(13)22-5-2;/h6-9H,4-5,10-12H2,1-3H3,(H2,17,18,19);1H. The van der Waals surface area contributed by atoms with Gasteiger partial charge in [-0.2, -0.15) is 0 Å². The van der Waals surface area contributed by atoms with Crippen molar-refractivity contribution in [3.63, 3.8) is 0 Å². The second kappa shape index (κ2) is 13.0. The molecule has 0 aliphatic heterocycles. The number of aliphatic imine (C=N–C) groups is 1. The van der Waals surface area contributed by atoms with Gasteiger partial charge in [0.05, 0.1) is 26.7 Å². The highest BCUT2D eigenvalue weighted by atomic mass is 127. The molecule has 0 bridgehead atoms. The number of ether oxygens (including phenoxy) is 2. The number of hydrogen-bond donors (Lipinski definition) is 2. The number of guanidine groups is 1. The Balaban J connectivity index is 0.00000484. The number of esters is 1. The fourth-order valence-corrected chi connectivity index (χ4v) is 1.82. The van der Waals surface area contributed by atoms with E-state index in [0.717, 1.165) is 17.9 Å². The minimum atomic E-state index is -0.245. The van der Waals surface area contributed by atoms with Crippen LogP contribution < -0.4 is 15.4 Å². The van der Waals surface area contributed by atoms with Crippen LogP contribution in [0.4, 0.5) is 0 Å². The first-order valence-electron chi connectivity index (χ1n) is 7.50. The lowest BCUT2D eigenvalue weighted by atomic mass is 10.2. The van der Waals surface area contributed by atoms with Crippen molar-refractivity contribution in [2.45, 2.75) is 26.8 Å². The number of carbonyl (C=O) groups is 1. The molecule has 1 aromatic rings. The number of rotatable bonds is 8. The third kappa shape index (κ3) is 8.63. The van der Waals surface area contributed by atoms with Crippen LogP contribution in [0, 0.1) is 0 Å². The zero-order valence-corrected chi connectivity index (χ0v) is 16.3. The molecule has 2 N–H and O–H groups in total. The minimum Gasteiger partial charge on any atom is -0.494 e. The van der Waals surface area contributed by atoms with Gasteiger partial charge in [-0.05, 0) is 19.9 Å². The summed E-state index contributed by atoms with van der Waals surface area (Å²) in [5, 5.41) is 6.25. The number of carbonyl (C=O) groups excluding carboxylic acids is 1. The summed E-state index contributed by atoms with van der Waals surface area (Å²) in [7, 11) is 1.38. The Morgan fingerprint density at radius 2 is 1.96 bits per heavy atom. The van der Waals surface area contributed by atoms with Crippen molar-refractivity contribution < 1.29 is 14.3 Å². The van der Waals surface area contributed by atoms with Gasteiger partial charge >= 0.3 is 5.97 Å². The maximum Gasteiger partial charge on any atom is 0.307 e. The average Bonchev–Trinajstić information content (AvgIpc) is 2.53. The lowest BCUT2D eigenvalue weighted by Crippen LogP contribution is -2.38. The molecule has 1 rings (SSSR count). The summed E-state index contributed by atoms with van der Waals surface area (Å²) in [6, 6.07) is 7.83. The molecule has 0 spiro atoms.